The first-order chi connectivity index (χ1) is 26.7. The van der Waals surface area contributed by atoms with Gasteiger partial charge in [-0.25, -0.2) is 8.42 Å². The van der Waals surface area contributed by atoms with Crippen LogP contribution in [0.5, 0.6) is 11.5 Å². The normalized spacial score (nSPS) is 13.9. The molecule has 0 heterocycles. The van der Waals surface area contributed by atoms with Crippen LogP contribution in [0.2, 0.25) is 0 Å². The van der Waals surface area contributed by atoms with Gasteiger partial charge in [0.25, 0.3) is 0 Å². The fourth-order valence-electron chi connectivity index (χ4n) is 7.07. The molecule has 4 aromatic rings. The molecule has 2 aliphatic carbocycles. The second kappa shape index (κ2) is 25.7. The predicted molar refractivity (Wildman–Crippen MR) is 241 cm³/mol. The third kappa shape index (κ3) is 16.1. The summed E-state index contributed by atoms with van der Waals surface area (Å²) in [6.45, 7) is 13.6. The Morgan fingerprint density at radius 1 is 0.667 bits per heavy atom. The summed E-state index contributed by atoms with van der Waals surface area (Å²) >= 11 is 0. The number of anilines is 1. The molecule has 0 aliphatic heterocycles. The van der Waals surface area contributed by atoms with E-state index >= 15 is 0 Å². The minimum absolute atomic E-state index is 0. The minimum Gasteiger partial charge on any atom is -0.748 e. The van der Waals surface area contributed by atoms with Gasteiger partial charge in [-0.15, -0.1) is 9.24 Å². The van der Waals surface area contributed by atoms with E-state index in [0.717, 1.165) is 27.9 Å². The number of hydrogen-bond acceptors (Lipinski definition) is 6. The van der Waals surface area contributed by atoms with Crippen LogP contribution in [0, 0.1) is 12.8 Å². The molecular weight excluding hydrogens is 840 g/mol. The Morgan fingerprint density at radius 3 is 1.51 bits per heavy atom. The van der Waals surface area contributed by atoms with Crippen molar-refractivity contribution in [2.24, 2.45) is 0 Å². The molecular formula is C48H67NO5PPdS-3. The first kappa shape index (κ1) is 50.4. The molecule has 1 atom stereocenters. The number of hydrogen-bond donors (Lipinski definition) is 1. The molecule has 4 aromatic carbocycles. The molecule has 0 saturated heterocycles. The summed E-state index contributed by atoms with van der Waals surface area (Å²) in [5, 5.41) is 1.05. The Bertz CT molecular complexity index is 1840. The smallest absolute Gasteiger partial charge is 0.127 e. The van der Waals surface area contributed by atoms with Gasteiger partial charge in [0.1, 0.15) is 11.5 Å². The molecule has 318 valence electrons. The van der Waals surface area contributed by atoms with E-state index in [2.05, 4.69) is 75.8 Å². The Balaban J connectivity index is 0.000000308. The number of para-hydroxylation sites is 1. The molecule has 1 unspecified atom stereocenters. The average Bonchev–Trinajstić information content (AvgIpc) is 3.19. The van der Waals surface area contributed by atoms with Gasteiger partial charge in [0.05, 0.1) is 30.1 Å². The van der Waals surface area contributed by atoms with Crippen LogP contribution < -0.4 is 20.5 Å². The Hall–Kier alpha value is -2.72. The fourth-order valence-corrected chi connectivity index (χ4v) is 8.20. The quantitative estimate of drug-likeness (QED) is 0.0590. The van der Waals surface area contributed by atoms with Crippen LogP contribution in [0.15, 0.2) is 72.8 Å². The van der Waals surface area contributed by atoms with E-state index in [1.807, 2.05) is 18.2 Å². The van der Waals surface area contributed by atoms with Crippen LogP contribution in [0.3, 0.4) is 0 Å². The Morgan fingerprint density at radius 2 is 1.12 bits per heavy atom. The summed E-state index contributed by atoms with van der Waals surface area (Å²) in [7, 11) is 2.00. The van der Waals surface area contributed by atoms with Gasteiger partial charge in [-0.3, -0.25) is 0 Å². The number of nitrogens with two attached hydrogens (primary N) is 1. The zero-order valence-electron chi connectivity index (χ0n) is 35.5. The molecule has 0 amide bonds. The summed E-state index contributed by atoms with van der Waals surface area (Å²) < 4.78 is 44.0. The van der Waals surface area contributed by atoms with Crippen molar-refractivity contribution < 1.29 is 42.9 Å². The van der Waals surface area contributed by atoms with E-state index in [1.165, 1.54) is 86.5 Å². The van der Waals surface area contributed by atoms with Crippen LogP contribution in [0.4, 0.5) is 5.69 Å². The van der Waals surface area contributed by atoms with Gasteiger partial charge in [0.2, 0.25) is 0 Å². The fraction of sp³-hybridized carbons (Fsp3) is 0.458. The molecule has 9 heteroatoms. The predicted octanol–water partition coefficient (Wildman–Crippen LogP) is 12.5. The molecule has 0 spiro atoms. The summed E-state index contributed by atoms with van der Waals surface area (Å²) in [6.07, 6.45) is 19.0. The zero-order chi connectivity index (χ0) is 41.3. The van der Waals surface area contributed by atoms with Crippen LogP contribution >= 0.6 is 9.24 Å². The van der Waals surface area contributed by atoms with Crippen molar-refractivity contribution in [1.82, 2.24) is 0 Å². The summed E-state index contributed by atoms with van der Waals surface area (Å²) in [6, 6.07) is 22.7. The summed E-state index contributed by atoms with van der Waals surface area (Å²) in [5.74, 6) is 2.56. The van der Waals surface area contributed by atoms with Gasteiger partial charge in [-0.1, -0.05) is 135 Å². The van der Waals surface area contributed by atoms with Gasteiger partial charge < -0.3 is 32.6 Å². The van der Waals surface area contributed by atoms with Crippen LogP contribution in [-0.2, 0) is 36.3 Å². The van der Waals surface area contributed by atoms with E-state index in [1.54, 1.807) is 56.7 Å². The molecule has 6 rings (SSSR count). The van der Waals surface area contributed by atoms with Crippen molar-refractivity contribution in [3.05, 3.63) is 108 Å². The van der Waals surface area contributed by atoms with Crippen molar-refractivity contribution in [2.45, 2.75) is 129 Å². The molecule has 2 fully saturated rings. The SMILES string of the molecule is COc1ccc(OC)c(-c2c(C(C)C)cc(C(C)C)cc2C(C)C)c1P.Nc1ccccc1-c1ccccc1CS(=O)(=O)[O-].[CH-]1CCCCC1.[CH-]1CCCCC1.[Pd]. The maximum atomic E-state index is 10.9. The van der Waals surface area contributed by atoms with Gasteiger partial charge in [-0.05, 0) is 69.3 Å². The number of nitrogen functional groups attached to an aromatic ring is 1. The number of benzene rings is 4. The first-order valence-corrected chi connectivity index (χ1v) is 22.5. The van der Waals surface area contributed by atoms with Crippen LogP contribution in [0.25, 0.3) is 22.3 Å². The zero-order valence-corrected chi connectivity index (χ0v) is 39.0. The number of methoxy groups -OCH3 is 2. The molecule has 0 radical (unpaired) electrons. The average molecular weight is 908 g/mol. The van der Waals surface area contributed by atoms with Crippen molar-refractivity contribution in [1.29, 1.82) is 0 Å². The molecule has 6 nitrogen and oxygen atoms in total. The van der Waals surface area contributed by atoms with Crippen molar-refractivity contribution in [3.8, 4) is 33.8 Å². The monoisotopic (exact) mass is 906 g/mol. The Kier molecular flexibility index (Phi) is 22.7. The Labute approximate surface area is 362 Å². The second-order valence-electron chi connectivity index (χ2n) is 15.6. The van der Waals surface area contributed by atoms with Gasteiger partial charge in [0.15, 0.2) is 0 Å². The van der Waals surface area contributed by atoms with Crippen LogP contribution in [-0.4, -0.2) is 27.2 Å². The molecule has 0 aromatic heterocycles. The van der Waals surface area contributed by atoms with E-state index in [4.69, 9.17) is 15.2 Å². The molecule has 2 N–H and O–H groups in total. The van der Waals surface area contributed by atoms with E-state index in [-0.39, 0.29) is 20.4 Å². The molecule has 0 bridgehead atoms. The first-order valence-electron chi connectivity index (χ1n) is 20.4. The van der Waals surface area contributed by atoms with E-state index in [9.17, 15) is 13.0 Å². The van der Waals surface area contributed by atoms with Crippen molar-refractivity contribution >= 4 is 30.3 Å². The number of rotatable bonds is 9. The molecule has 2 aliphatic rings. The van der Waals surface area contributed by atoms with Crippen molar-refractivity contribution in [3.63, 3.8) is 0 Å². The largest absolute Gasteiger partial charge is 0.748 e. The third-order valence-corrected chi connectivity index (χ3v) is 11.5. The van der Waals surface area contributed by atoms with Gasteiger partial charge in [-0.2, -0.15) is 25.7 Å². The van der Waals surface area contributed by atoms with E-state index in [0.29, 0.717) is 34.6 Å². The van der Waals surface area contributed by atoms with E-state index < -0.39 is 15.9 Å². The maximum Gasteiger partial charge on any atom is 0.127 e. The maximum absolute atomic E-state index is 10.9. The number of ether oxygens (including phenoxy) is 2. The van der Waals surface area contributed by atoms with Gasteiger partial charge in [0, 0.05) is 42.5 Å². The minimum atomic E-state index is -4.31. The topological polar surface area (TPSA) is 102 Å². The molecule has 57 heavy (non-hydrogen) atoms. The van der Waals surface area contributed by atoms with Crippen LogP contribution in [0.1, 0.15) is 146 Å². The standard InChI is InChI=1S/C23H33O2P.C13H13NO3S.2C6H11.Pd/c1-13(2)16-11-17(14(3)4)21(18(12-16)15(5)6)22-19(24-7)9-10-20(25-8)23(22)26;14-13-8-4-3-7-12(13)11-6-2-1-5-10(11)9-18(15,16)17;2*1-2-4-6-5-3-1;/h9-15H,26H2,1-8H3;1-8H,9,14H2,(H,15,16,17);2*1H,2-6H2;/q;;2*-1;/p-1. The second-order valence-corrected chi connectivity index (χ2v) is 17.6. The van der Waals surface area contributed by atoms with Gasteiger partial charge >= 0.3 is 0 Å². The summed E-state index contributed by atoms with van der Waals surface area (Å²) in [5.41, 5.74) is 14.8. The molecule has 2 saturated carbocycles. The summed E-state index contributed by atoms with van der Waals surface area (Å²) in [4.78, 5) is 0. The van der Waals surface area contributed by atoms with Crippen molar-refractivity contribution in [2.75, 3.05) is 20.0 Å². The third-order valence-electron chi connectivity index (χ3n) is 10.2.